The van der Waals surface area contributed by atoms with Gasteiger partial charge in [-0.05, 0) is 54.1 Å². The second-order valence-electron chi connectivity index (χ2n) is 6.94. The van der Waals surface area contributed by atoms with Crippen molar-refractivity contribution in [3.8, 4) is 5.75 Å². The minimum absolute atomic E-state index is 0.672. The van der Waals surface area contributed by atoms with Crippen LogP contribution in [0, 0.1) is 0 Å². The zero-order valence-electron chi connectivity index (χ0n) is 17.8. The van der Waals surface area contributed by atoms with Crippen LogP contribution in [0.15, 0.2) is 125 Å². The first-order valence-electron chi connectivity index (χ1n) is 10.3. The summed E-state index contributed by atoms with van der Waals surface area (Å²) >= 11 is 0. The number of para-hydroxylation sites is 2. The van der Waals surface area contributed by atoms with Crippen LogP contribution < -0.4 is 15.2 Å². The van der Waals surface area contributed by atoms with Crippen molar-refractivity contribution < 1.29 is 4.74 Å². The highest BCUT2D eigenvalue weighted by Gasteiger charge is 2.15. The summed E-state index contributed by atoms with van der Waals surface area (Å²) in [5.74, 6) is 1.48. The Hall–Kier alpha value is -4.38. The molecule has 0 bridgehead atoms. The standard InChI is InChI=1S/C27H24N4O/c1-32-26-19-17-22(18-20-26)21-28-31(25-15-9-4-10-16-25)27(23-11-5-2-6-12-23)30-29-24-13-7-3-8-14-24/h2-21,29H,1H3/b28-21+,30-27-. The number of nitrogens with one attached hydrogen (secondary N) is 1. The molecular formula is C27H24N4O. The van der Waals surface area contributed by atoms with Crippen molar-refractivity contribution in [2.45, 2.75) is 0 Å². The molecule has 0 unspecified atom stereocenters. The van der Waals surface area contributed by atoms with Crippen LogP contribution >= 0.6 is 0 Å². The van der Waals surface area contributed by atoms with E-state index in [0.29, 0.717) is 5.84 Å². The summed E-state index contributed by atoms with van der Waals surface area (Å²) in [5, 5.41) is 11.4. The van der Waals surface area contributed by atoms with Gasteiger partial charge in [-0.1, -0.05) is 66.7 Å². The van der Waals surface area contributed by atoms with Crippen molar-refractivity contribution in [3.05, 3.63) is 126 Å². The van der Waals surface area contributed by atoms with Crippen LogP contribution in [0.25, 0.3) is 0 Å². The first-order valence-corrected chi connectivity index (χ1v) is 10.3. The second-order valence-corrected chi connectivity index (χ2v) is 6.94. The molecule has 158 valence electrons. The van der Waals surface area contributed by atoms with Gasteiger partial charge in [-0.15, -0.1) is 0 Å². The van der Waals surface area contributed by atoms with Gasteiger partial charge in [-0.3, -0.25) is 5.43 Å². The molecule has 5 heteroatoms. The van der Waals surface area contributed by atoms with E-state index in [1.807, 2.05) is 126 Å². The highest BCUT2D eigenvalue weighted by atomic mass is 16.5. The minimum atomic E-state index is 0.672. The van der Waals surface area contributed by atoms with E-state index in [0.717, 1.165) is 28.3 Å². The van der Waals surface area contributed by atoms with E-state index < -0.39 is 0 Å². The number of nitrogens with zero attached hydrogens (tertiary/aromatic N) is 3. The van der Waals surface area contributed by atoms with Gasteiger partial charge in [-0.25, -0.2) is 5.01 Å². The predicted octanol–water partition coefficient (Wildman–Crippen LogP) is 6.01. The normalized spacial score (nSPS) is 11.3. The molecule has 0 aliphatic carbocycles. The number of amidine groups is 1. The first-order chi connectivity index (χ1) is 15.8. The fraction of sp³-hybridized carbons (Fsp3) is 0.0370. The highest BCUT2D eigenvalue weighted by molar-refractivity contribution is 6.10. The second kappa shape index (κ2) is 10.6. The Bertz CT molecular complexity index is 1160. The lowest BCUT2D eigenvalue weighted by Crippen LogP contribution is -2.28. The first kappa shape index (κ1) is 20.9. The van der Waals surface area contributed by atoms with Crippen LogP contribution in [0.4, 0.5) is 11.4 Å². The zero-order valence-corrected chi connectivity index (χ0v) is 17.8. The van der Waals surface area contributed by atoms with E-state index in [2.05, 4.69) is 5.43 Å². The molecule has 4 rings (SSSR count). The van der Waals surface area contributed by atoms with Crippen molar-refractivity contribution in [1.29, 1.82) is 0 Å². The van der Waals surface area contributed by atoms with Crippen molar-refractivity contribution >= 4 is 23.4 Å². The third-order valence-corrected chi connectivity index (χ3v) is 4.74. The van der Waals surface area contributed by atoms with Crippen molar-refractivity contribution in [3.63, 3.8) is 0 Å². The Morgan fingerprint density at radius 3 is 1.97 bits per heavy atom. The monoisotopic (exact) mass is 420 g/mol. The summed E-state index contributed by atoms with van der Waals surface area (Å²) < 4.78 is 5.25. The predicted molar refractivity (Wildman–Crippen MR) is 133 cm³/mol. The Labute approximate surface area is 188 Å². The number of methoxy groups -OCH3 is 1. The van der Waals surface area contributed by atoms with E-state index in [4.69, 9.17) is 14.9 Å². The highest BCUT2D eigenvalue weighted by Crippen LogP contribution is 2.19. The average molecular weight is 421 g/mol. The lowest BCUT2D eigenvalue weighted by Gasteiger charge is -2.21. The van der Waals surface area contributed by atoms with Crippen LogP contribution in [0.5, 0.6) is 5.75 Å². The molecule has 1 N–H and O–H groups in total. The molecule has 0 heterocycles. The third kappa shape index (κ3) is 5.40. The molecule has 4 aromatic rings. The fourth-order valence-corrected chi connectivity index (χ4v) is 3.08. The summed E-state index contributed by atoms with van der Waals surface area (Å²) in [5.41, 5.74) is 6.85. The van der Waals surface area contributed by atoms with Gasteiger partial charge in [0.2, 0.25) is 0 Å². The lowest BCUT2D eigenvalue weighted by atomic mass is 10.2. The fourth-order valence-electron chi connectivity index (χ4n) is 3.08. The maximum absolute atomic E-state index is 5.25. The molecule has 0 saturated carbocycles. The van der Waals surface area contributed by atoms with E-state index in [9.17, 15) is 0 Å². The third-order valence-electron chi connectivity index (χ3n) is 4.74. The summed E-state index contributed by atoms with van der Waals surface area (Å²) in [6.07, 6.45) is 1.81. The van der Waals surface area contributed by atoms with Gasteiger partial charge in [0.1, 0.15) is 5.75 Å². The Kier molecular flexibility index (Phi) is 6.91. The van der Waals surface area contributed by atoms with Crippen LogP contribution in [0.1, 0.15) is 11.1 Å². The van der Waals surface area contributed by atoms with Gasteiger partial charge >= 0.3 is 0 Å². The summed E-state index contributed by atoms with van der Waals surface area (Å²) in [6.45, 7) is 0. The van der Waals surface area contributed by atoms with Crippen LogP contribution in [-0.4, -0.2) is 19.2 Å². The molecule has 0 amide bonds. The number of hydrogen-bond donors (Lipinski definition) is 1. The summed E-state index contributed by atoms with van der Waals surface area (Å²) in [4.78, 5) is 0. The van der Waals surface area contributed by atoms with Gasteiger partial charge in [-0.2, -0.15) is 10.2 Å². The number of anilines is 2. The number of hydrogen-bond acceptors (Lipinski definition) is 4. The number of ether oxygens (including phenoxy) is 1. The Morgan fingerprint density at radius 2 is 1.34 bits per heavy atom. The number of rotatable bonds is 7. The molecule has 32 heavy (non-hydrogen) atoms. The number of benzene rings is 4. The van der Waals surface area contributed by atoms with Crippen LogP contribution in [-0.2, 0) is 0 Å². The maximum Gasteiger partial charge on any atom is 0.181 e. The molecule has 0 aromatic heterocycles. The lowest BCUT2D eigenvalue weighted by molar-refractivity contribution is 0.415. The molecule has 0 saturated heterocycles. The van der Waals surface area contributed by atoms with Gasteiger partial charge in [0.25, 0.3) is 0 Å². The van der Waals surface area contributed by atoms with Crippen LogP contribution in [0.3, 0.4) is 0 Å². The van der Waals surface area contributed by atoms with Crippen LogP contribution in [0.2, 0.25) is 0 Å². The molecule has 4 aromatic carbocycles. The molecule has 0 fully saturated rings. The van der Waals surface area contributed by atoms with Crippen molar-refractivity contribution in [2.24, 2.45) is 10.2 Å². The summed E-state index contributed by atoms with van der Waals surface area (Å²) in [7, 11) is 1.66. The molecular weight excluding hydrogens is 396 g/mol. The Balaban J connectivity index is 1.74. The van der Waals surface area contributed by atoms with Gasteiger partial charge in [0, 0.05) is 5.56 Å². The molecule has 0 atom stereocenters. The van der Waals surface area contributed by atoms with Gasteiger partial charge in [0.05, 0.1) is 24.7 Å². The maximum atomic E-state index is 5.25. The molecule has 0 aliphatic rings. The quantitative estimate of drug-likeness (QED) is 0.226. The average Bonchev–Trinajstić information content (AvgIpc) is 2.88. The van der Waals surface area contributed by atoms with Gasteiger partial charge < -0.3 is 4.74 Å². The summed E-state index contributed by atoms with van der Waals surface area (Å²) in [6, 6.07) is 37.6. The van der Waals surface area contributed by atoms with E-state index >= 15 is 0 Å². The largest absolute Gasteiger partial charge is 0.497 e. The number of hydrazone groups is 2. The van der Waals surface area contributed by atoms with E-state index in [1.165, 1.54) is 0 Å². The zero-order chi connectivity index (χ0) is 22.0. The van der Waals surface area contributed by atoms with E-state index in [-0.39, 0.29) is 0 Å². The SMILES string of the molecule is COc1ccc(/C=N/N(/C(=N\Nc2ccccc2)c2ccccc2)c2ccccc2)cc1. The topological polar surface area (TPSA) is 49.2 Å². The minimum Gasteiger partial charge on any atom is -0.497 e. The molecule has 0 radical (unpaired) electrons. The van der Waals surface area contributed by atoms with E-state index in [1.54, 1.807) is 7.11 Å². The Morgan fingerprint density at radius 1 is 0.750 bits per heavy atom. The van der Waals surface area contributed by atoms with Crippen molar-refractivity contribution in [1.82, 2.24) is 0 Å². The smallest absolute Gasteiger partial charge is 0.181 e. The molecule has 5 nitrogen and oxygen atoms in total. The van der Waals surface area contributed by atoms with Gasteiger partial charge in [0.15, 0.2) is 5.84 Å². The molecule has 0 spiro atoms. The van der Waals surface area contributed by atoms with Crippen molar-refractivity contribution in [2.75, 3.05) is 17.5 Å². The molecule has 0 aliphatic heterocycles.